The third-order valence-corrected chi connectivity index (χ3v) is 4.33. The van der Waals surface area contributed by atoms with Crippen LogP contribution in [0.1, 0.15) is 15.9 Å². The van der Waals surface area contributed by atoms with Crippen LogP contribution in [0, 0.1) is 5.82 Å². The lowest BCUT2D eigenvalue weighted by Crippen LogP contribution is -2.49. The fraction of sp³-hybridized carbons (Fsp3) is 0.333. The molecule has 6 nitrogen and oxygen atoms in total. The molecule has 0 radical (unpaired) electrons. The molecule has 25 heavy (non-hydrogen) atoms. The number of ether oxygens (including phenoxy) is 1. The highest BCUT2D eigenvalue weighted by Gasteiger charge is 2.23. The van der Waals surface area contributed by atoms with Gasteiger partial charge in [-0.3, -0.25) is 14.5 Å². The number of benzene rings is 1. The maximum absolute atomic E-state index is 13.8. The van der Waals surface area contributed by atoms with Crippen LogP contribution in [0.5, 0.6) is 5.75 Å². The number of H-pyrrole nitrogens is 1. The van der Waals surface area contributed by atoms with Gasteiger partial charge in [-0.05, 0) is 29.8 Å². The molecule has 0 unspecified atom stereocenters. The molecule has 1 saturated heterocycles. The van der Waals surface area contributed by atoms with Gasteiger partial charge in [-0.2, -0.15) is 0 Å². The highest BCUT2D eigenvalue weighted by Crippen LogP contribution is 2.19. The lowest BCUT2D eigenvalue weighted by Gasteiger charge is -2.34. The van der Waals surface area contributed by atoms with Gasteiger partial charge in [-0.25, -0.2) is 4.39 Å². The number of halogens is 1. The number of nitrogens with zero attached hydrogens (tertiary/aromatic N) is 2. The van der Waals surface area contributed by atoms with E-state index in [-0.39, 0.29) is 28.6 Å². The molecule has 1 N–H and O–H groups in total. The molecule has 0 atom stereocenters. The molecule has 0 aliphatic carbocycles. The average molecular weight is 345 g/mol. The van der Waals surface area contributed by atoms with Crippen LogP contribution in [-0.2, 0) is 6.54 Å². The molecule has 2 heterocycles. The summed E-state index contributed by atoms with van der Waals surface area (Å²) in [6, 6.07) is 8.10. The van der Waals surface area contributed by atoms with E-state index in [0.717, 1.165) is 5.56 Å². The minimum Gasteiger partial charge on any atom is -0.494 e. The first-order chi connectivity index (χ1) is 12.1. The van der Waals surface area contributed by atoms with Gasteiger partial charge in [-0.1, -0.05) is 6.07 Å². The van der Waals surface area contributed by atoms with Crippen LogP contribution < -0.4 is 10.3 Å². The minimum atomic E-state index is -0.378. The Morgan fingerprint density at radius 3 is 2.64 bits per heavy atom. The standard InChI is InChI=1S/C18H20FN3O3/c1-25-16-5-4-13(11-15(16)19)12-21-7-9-22(10-8-21)18(24)14-3-2-6-20-17(14)23/h2-6,11H,7-10,12H2,1H3,(H,20,23). The number of aromatic amines is 1. The number of amides is 1. The smallest absolute Gasteiger partial charge is 0.260 e. The van der Waals surface area contributed by atoms with Crippen molar-refractivity contribution in [3.05, 3.63) is 63.8 Å². The highest BCUT2D eigenvalue weighted by molar-refractivity contribution is 5.93. The van der Waals surface area contributed by atoms with Crippen LogP contribution in [0.4, 0.5) is 4.39 Å². The molecule has 1 aromatic heterocycles. The molecular weight excluding hydrogens is 325 g/mol. The number of hydrogen-bond donors (Lipinski definition) is 1. The Morgan fingerprint density at radius 1 is 1.24 bits per heavy atom. The van der Waals surface area contributed by atoms with E-state index in [0.29, 0.717) is 32.7 Å². The fourth-order valence-corrected chi connectivity index (χ4v) is 2.94. The maximum atomic E-state index is 13.8. The first-order valence-electron chi connectivity index (χ1n) is 8.10. The van der Waals surface area contributed by atoms with E-state index in [2.05, 4.69) is 9.88 Å². The molecule has 0 spiro atoms. The number of nitrogens with one attached hydrogen (secondary N) is 1. The number of rotatable bonds is 4. The third kappa shape index (κ3) is 3.88. The van der Waals surface area contributed by atoms with Gasteiger partial charge in [0, 0.05) is 38.9 Å². The lowest BCUT2D eigenvalue weighted by atomic mass is 10.1. The van der Waals surface area contributed by atoms with Crippen molar-refractivity contribution in [3.8, 4) is 5.75 Å². The largest absolute Gasteiger partial charge is 0.494 e. The number of piperazine rings is 1. The Bertz CT molecular complexity index is 813. The van der Waals surface area contributed by atoms with Gasteiger partial charge in [0.05, 0.1) is 7.11 Å². The summed E-state index contributed by atoms with van der Waals surface area (Å²) in [5.41, 5.74) is 0.648. The van der Waals surface area contributed by atoms with E-state index >= 15 is 0 Å². The Hall–Kier alpha value is -2.67. The molecule has 7 heteroatoms. The second-order valence-electron chi connectivity index (χ2n) is 5.95. The predicted octanol–water partition coefficient (Wildman–Crippen LogP) is 1.48. The quantitative estimate of drug-likeness (QED) is 0.912. The van der Waals surface area contributed by atoms with Gasteiger partial charge in [-0.15, -0.1) is 0 Å². The minimum absolute atomic E-state index is 0.160. The monoisotopic (exact) mass is 345 g/mol. The van der Waals surface area contributed by atoms with Crippen LogP contribution in [0.3, 0.4) is 0 Å². The Morgan fingerprint density at radius 2 is 2.00 bits per heavy atom. The van der Waals surface area contributed by atoms with Crippen LogP contribution in [0.25, 0.3) is 0 Å². The van der Waals surface area contributed by atoms with Crippen LogP contribution >= 0.6 is 0 Å². The van der Waals surface area contributed by atoms with E-state index in [4.69, 9.17) is 4.74 Å². The van der Waals surface area contributed by atoms with E-state index < -0.39 is 0 Å². The Kier molecular flexibility index (Phi) is 5.14. The van der Waals surface area contributed by atoms with Crippen molar-refractivity contribution < 1.29 is 13.9 Å². The van der Waals surface area contributed by atoms with E-state index in [9.17, 15) is 14.0 Å². The zero-order valence-electron chi connectivity index (χ0n) is 14.0. The molecule has 132 valence electrons. The lowest BCUT2D eigenvalue weighted by molar-refractivity contribution is 0.0626. The van der Waals surface area contributed by atoms with Gasteiger partial charge < -0.3 is 14.6 Å². The maximum Gasteiger partial charge on any atom is 0.260 e. The summed E-state index contributed by atoms with van der Waals surface area (Å²) in [5.74, 6) is -0.402. The summed E-state index contributed by atoms with van der Waals surface area (Å²) in [4.78, 5) is 30.5. The van der Waals surface area contributed by atoms with Crippen molar-refractivity contribution in [2.24, 2.45) is 0 Å². The van der Waals surface area contributed by atoms with Gasteiger partial charge in [0.15, 0.2) is 11.6 Å². The number of hydrogen-bond acceptors (Lipinski definition) is 4. The number of carbonyl (C=O) groups is 1. The number of carbonyl (C=O) groups excluding carboxylic acids is 1. The predicted molar refractivity (Wildman–Crippen MR) is 91.2 cm³/mol. The van der Waals surface area contributed by atoms with Gasteiger partial charge in [0.25, 0.3) is 11.5 Å². The summed E-state index contributed by atoms with van der Waals surface area (Å²) in [7, 11) is 1.44. The molecule has 1 aromatic carbocycles. The Labute approximate surface area is 144 Å². The topological polar surface area (TPSA) is 65.6 Å². The molecule has 0 bridgehead atoms. The molecule has 1 aliphatic heterocycles. The highest BCUT2D eigenvalue weighted by atomic mass is 19.1. The molecule has 3 rings (SSSR count). The molecular formula is C18H20FN3O3. The third-order valence-electron chi connectivity index (χ3n) is 4.33. The first kappa shape index (κ1) is 17.2. The number of aromatic nitrogens is 1. The van der Waals surface area contributed by atoms with Crippen molar-refractivity contribution >= 4 is 5.91 Å². The molecule has 2 aromatic rings. The average Bonchev–Trinajstić information content (AvgIpc) is 2.62. The fourth-order valence-electron chi connectivity index (χ4n) is 2.94. The number of pyridine rings is 1. The van der Waals surface area contributed by atoms with E-state index in [1.165, 1.54) is 25.4 Å². The van der Waals surface area contributed by atoms with Crippen LogP contribution in [0.15, 0.2) is 41.3 Å². The summed E-state index contributed by atoms with van der Waals surface area (Å²) >= 11 is 0. The zero-order valence-corrected chi connectivity index (χ0v) is 14.0. The molecule has 1 amide bonds. The van der Waals surface area contributed by atoms with Crippen molar-refractivity contribution in [1.82, 2.24) is 14.8 Å². The summed E-state index contributed by atoms with van der Waals surface area (Å²) in [6.45, 7) is 3.01. The molecule has 1 fully saturated rings. The van der Waals surface area contributed by atoms with E-state index in [1.54, 1.807) is 17.0 Å². The first-order valence-corrected chi connectivity index (χ1v) is 8.10. The summed E-state index contributed by atoms with van der Waals surface area (Å²) in [6.07, 6.45) is 1.50. The van der Waals surface area contributed by atoms with E-state index in [1.807, 2.05) is 6.07 Å². The van der Waals surface area contributed by atoms with Crippen molar-refractivity contribution in [3.63, 3.8) is 0 Å². The van der Waals surface area contributed by atoms with Crippen molar-refractivity contribution in [2.45, 2.75) is 6.54 Å². The SMILES string of the molecule is COc1ccc(CN2CCN(C(=O)c3ccc[nH]c3=O)CC2)cc1F. The van der Waals surface area contributed by atoms with Gasteiger partial charge in [0.2, 0.25) is 0 Å². The second-order valence-corrected chi connectivity index (χ2v) is 5.95. The van der Waals surface area contributed by atoms with Gasteiger partial charge in [0.1, 0.15) is 5.56 Å². The van der Waals surface area contributed by atoms with Crippen LogP contribution in [-0.4, -0.2) is 54.0 Å². The molecule has 1 aliphatic rings. The Balaban J connectivity index is 1.59. The zero-order chi connectivity index (χ0) is 17.8. The second kappa shape index (κ2) is 7.48. The number of methoxy groups -OCH3 is 1. The summed E-state index contributed by atoms with van der Waals surface area (Å²) < 4.78 is 18.7. The van der Waals surface area contributed by atoms with Gasteiger partial charge >= 0.3 is 0 Å². The van der Waals surface area contributed by atoms with Crippen molar-refractivity contribution in [2.75, 3.05) is 33.3 Å². The van der Waals surface area contributed by atoms with Crippen molar-refractivity contribution in [1.29, 1.82) is 0 Å². The van der Waals surface area contributed by atoms with Crippen LogP contribution in [0.2, 0.25) is 0 Å². The normalized spacial score (nSPS) is 15.2. The molecule has 0 saturated carbocycles. The summed E-state index contributed by atoms with van der Waals surface area (Å²) in [5, 5.41) is 0.